The van der Waals surface area contributed by atoms with E-state index in [0.717, 1.165) is 10.5 Å². The molecule has 1 aliphatic rings. The third kappa shape index (κ3) is 4.98. The van der Waals surface area contributed by atoms with Gasteiger partial charge in [-0.1, -0.05) is 40.9 Å². The van der Waals surface area contributed by atoms with Crippen LogP contribution in [0.4, 0.5) is 17.1 Å². The number of amides is 3. The smallest absolute Gasteiger partial charge is 0.283 e. The first-order chi connectivity index (χ1) is 16.7. The van der Waals surface area contributed by atoms with Gasteiger partial charge in [0.15, 0.2) is 0 Å². The van der Waals surface area contributed by atoms with Gasteiger partial charge in [0.05, 0.1) is 22.8 Å². The lowest BCUT2D eigenvalue weighted by Gasteiger charge is -2.18. The molecule has 3 aromatic rings. The van der Waals surface area contributed by atoms with Crippen molar-refractivity contribution < 1.29 is 19.1 Å². The van der Waals surface area contributed by atoms with Crippen LogP contribution in [0.3, 0.4) is 0 Å². The average Bonchev–Trinajstić information content (AvgIpc) is 3.04. The molecule has 0 unspecified atom stereocenters. The summed E-state index contributed by atoms with van der Waals surface area (Å²) >= 11 is 18.1. The van der Waals surface area contributed by atoms with E-state index in [2.05, 4.69) is 10.6 Å². The zero-order valence-corrected chi connectivity index (χ0v) is 20.8. The molecular formula is C25H18Cl3N3O4. The Morgan fingerprint density at radius 3 is 2.20 bits per heavy atom. The molecule has 0 saturated carbocycles. The average molecular weight is 531 g/mol. The van der Waals surface area contributed by atoms with Crippen molar-refractivity contribution in [2.45, 2.75) is 6.92 Å². The minimum atomic E-state index is -0.666. The fraction of sp³-hybridized carbons (Fsp3) is 0.0800. The van der Waals surface area contributed by atoms with Crippen molar-refractivity contribution in [3.63, 3.8) is 0 Å². The summed E-state index contributed by atoms with van der Waals surface area (Å²) in [5.74, 6) is -1.29. The monoisotopic (exact) mass is 529 g/mol. The Morgan fingerprint density at radius 2 is 1.54 bits per heavy atom. The third-order valence-corrected chi connectivity index (χ3v) is 6.29. The molecule has 0 fully saturated rings. The van der Waals surface area contributed by atoms with E-state index >= 15 is 0 Å². The van der Waals surface area contributed by atoms with Gasteiger partial charge in [0.2, 0.25) is 0 Å². The number of hydrogen-bond acceptors (Lipinski definition) is 5. The van der Waals surface area contributed by atoms with E-state index in [1.807, 2.05) is 6.92 Å². The summed E-state index contributed by atoms with van der Waals surface area (Å²) in [5, 5.41) is 6.06. The number of hydrogen-bond donors (Lipinski definition) is 2. The van der Waals surface area contributed by atoms with Crippen molar-refractivity contribution in [1.82, 2.24) is 0 Å². The summed E-state index contributed by atoms with van der Waals surface area (Å²) in [5.41, 5.74) is 2.38. The molecule has 4 rings (SSSR count). The van der Waals surface area contributed by atoms with Gasteiger partial charge in [0.1, 0.15) is 16.5 Å². The standard InChI is InChI=1S/C25H18Cl3N3O4/c1-13-3-10-20(35-2)19(11-13)31-24(33)21(28)22(25(31)34)29-15-6-4-14(5-7-15)23(32)30-16-8-9-17(26)18(27)12-16/h3-12,29H,1-2H3,(H,30,32). The largest absolute Gasteiger partial charge is 0.495 e. The Morgan fingerprint density at radius 1 is 0.857 bits per heavy atom. The van der Waals surface area contributed by atoms with E-state index in [1.54, 1.807) is 60.7 Å². The van der Waals surface area contributed by atoms with Crippen LogP contribution < -0.4 is 20.3 Å². The Balaban J connectivity index is 1.51. The van der Waals surface area contributed by atoms with Crippen molar-refractivity contribution in [1.29, 1.82) is 0 Å². The van der Waals surface area contributed by atoms with Gasteiger partial charge in [0, 0.05) is 16.9 Å². The molecule has 35 heavy (non-hydrogen) atoms. The fourth-order valence-electron chi connectivity index (χ4n) is 3.43. The van der Waals surface area contributed by atoms with Crippen molar-refractivity contribution in [3.05, 3.63) is 92.6 Å². The molecule has 3 amide bonds. The van der Waals surface area contributed by atoms with Crippen molar-refractivity contribution in [3.8, 4) is 5.75 Å². The first-order valence-electron chi connectivity index (χ1n) is 10.3. The summed E-state index contributed by atoms with van der Waals surface area (Å²) in [4.78, 5) is 39.4. The van der Waals surface area contributed by atoms with Gasteiger partial charge in [-0.2, -0.15) is 0 Å². The molecule has 0 atom stereocenters. The number of carbonyl (C=O) groups excluding carboxylic acids is 3. The molecule has 0 aromatic heterocycles. The highest BCUT2D eigenvalue weighted by molar-refractivity contribution is 6.53. The topological polar surface area (TPSA) is 87.7 Å². The zero-order valence-electron chi connectivity index (χ0n) is 18.5. The van der Waals surface area contributed by atoms with E-state index < -0.39 is 11.8 Å². The molecule has 178 valence electrons. The zero-order chi connectivity index (χ0) is 25.3. The predicted molar refractivity (Wildman–Crippen MR) is 138 cm³/mol. The maximum atomic E-state index is 13.1. The molecule has 2 N–H and O–H groups in total. The van der Waals surface area contributed by atoms with Gasteiger partial charge in [-0.05, 0) is 67.1 Å². The number of ether oxygens (including phenoxy) is 1. The van der Waals surface area contributed by atoms with Crippen LogP contribution in [0.2, 0.25) is 10.0 Å². The van der Waals surface area contributed by atoms with Crippen LogP contribution in [0.15, 0.2) is 71.4 Å². The highest BCUT2D eigenvalue weighted by Crippen LogP contribution is 2.36. The van der Waals surface area contributed by atoms with Crippen LogP contribution in [-0.4, -0.2) is 24.8 Å². The lowest BCUT2D eigenvalue weighted by Crippen LogP contribution is -2.32. The van der Waals surface area contributed by atoms with Crippen LogP contribution in [0.5, 0.6) is 5.75 Å². The molecule has 10 heteroatoms. The van der Waals surface area contributed by atoms with E-state index in [-0.39, 0.29) is 16.6 Å². The minimum Gasteiger partial charge on any atom is -0.495 e. The summed E-state index contributed by atoms with van der Waals surface area (Å²) in [6.45, 7) is 1.83. The van der Waals surface area contributed by atoms with Gasteiger partial charge in [-0.25, -0.2) is 4.90 Å². The first kappa shape index (κ1) is 24.6. The summed E-state index contributed by atoms with van der Waals surface area (Å²) in [6, 6.07) is 16.2. The molecule has 0 bridgehead atoms. The molecule has 0 saturated heterocycles. The maximum Gasteiger partial charge on any atom is 0.283 e. The molecule has 1 aliphatic heterocycles. The van der Waals surface area contributed by atoms with Crippen LogP contribution in [0, 0.1) is 6.92 Å². The Hall–Kier alpha value is -3.52. The number of aryl methyl sites for hydroxylation is 1. The number of carbonyl (C=O) groups is 3. The number of anilines is 3. The number of nitrogens with one attached hydrogen (secondary N) is 2. The van der Waals surface area contributed by atoms with Crippen molar-refractivity contribution in [2.75, 3.05) is 22.6 Å². The van der Waals surface area contributed by atoms with Gasteiger partial charge >= 0.3 is 0 Å². The lowest BCUT2D eigenvalue weighted by atomic mass is 10.1. The third-order valence-electron chi connectivity index (χ3n) is 5.20. The van der Waals surface area contributed by atoms with Gasteiger partial charge in [0.25, 0.3) is 17.7 Å². The fourth-order valence-corrected chi connectivity index (χ4v) is 3.94. The van der Waals surface area contributed by atoms with Crippen LogP contribution in [0.1, 0.15) is 15.9 Å². The molecular weight excluding hydrogens is 513 g/mol. The Bertz CT molecular complexity index is 1390. The molecule has 7 nitrogen and oxygen atoms in total. The van der Waals surface area contributed by atoms with Crippen molar-refractivity contribution >= 4 is 69.6 Å². The second-order valence-corrected chi connectivity index (χ2v) is 8.79. The van der Waals surface area contributed by atoms with E-state index in [9.17, 15) is 14.4 Å². The molecule has 0 radical (unpaired) electrons. The highest BCUT2D eigenvalue weighted by Gasteiger charge is 2.40. The first-order valence-corrected chi connectivity index (χ1v) is 11.4. The maximum absolute atomic E-state index is 13.1. The molecule has 1 heterocycles. The van der Waals surface area contributed by atoms with Gasteiger partial charge in [-0.3, -0.25) is 14.4 Å². The molecule has 0 aliphatic carbocycles. The summed E-state index contributed by atoms with van der Waals surface area (Å²) in [7, 11) is 1.45. The Kier molecular flexibility index (Phi) is 7.03. The SMILES string of the molecule is COc1ccc(C)cc1N1C(=O)C(Cl)=C(Nc2ccc(C(=O)Nc3ccc(Cl)c(Cl)c3)cc2)C1=O. The number of benzene rings is 3. The van der Waals surface area contributed by atoms with E-state index in [0.29, 0.717) is 38.4 Å². The van der Waals surface area contributed by atoms with Gasteiger partial charge in [-0.15, -0.1) is 0 Å². The second kappa shape index (κ2) is 10.00. The van der Waals surface area contributed by atoms with Gasteiger partial charge < -0.3 is 15.4 Å². The number of rotatable bonds is 6. The number of methoxy groups -OCH3 is 1. The lowest BCUT2D eigenvalue weighted by molar-refractivity contribution is -0.120. The van der Waals surface area contributed by atoms with E-state index in [4.69, 9.17) is 39.5 Å². The van der Waals surface area contributed by atoms with Crippen LogP contribution in [-0.2, 0) is 9.59 Å². The number of nitrogens with zero attached hydrogens (tertiary/aromatic N) is 1. The van der Waals surface area contributed by atoms with E-state index in [1.165, 1.54) is 7.11 Å². The predicted octanol–water partition coefficient (Wildman–Crippen LogP) is 6.00. The quantitative estimate of drug-likeness (QED) is 0.382. The number of imide groups is 1. The van der Waals surface area contributed by atoms with Crippen molar-refractivity contribution in [2.24, 2.45) is 0 Å². The normalized spacial score (nSPS) is 13.3. The summed E-state index contributed by atoms with van der Waals surface area (Å²) < 4.78 is 5.31. The Labute approximate surface area is 216 Å². The van der Waals surface area contributed by atoms with Crippen LogP contribution >= 0.6 is 34.8 Å². The molecule has 0 spiro atoms. The second-order valence-electron chi connectivity index (χ2n) is 7.60. The molecule has 3 aromatic carbocycles. The summed E-state index contributed by atoms with van der Waals surface area (Å²) in [6.07, 6.45) is 0. The minimum absolute atomic E-state index is 0.0757. The number of halogens is 3. The highest BCUT2D eigenvalue weighted by atomic mass is 35.5. The van der Waals surface area contributed by atoms with Crippen LogP contribution in [0.25, 0.3) is 0 Å².